The Labute approximate surface area is 96.8 Å². The standard InChI is InChI=1S/C12H19N3O/c1-14(2)9-11-10-15(7-8-16-11)12-5-3-4-6-13-12/h3-6,11H,7-10H2,1-2H3. The van der Waals surface area contributed by atoms with Gasteiger partial charge < -0.3 is 14.5 Å². The summed E-state index contributed by atoms with van der Waals surface area (Å²) in [5, 5.41) is 0. The van der Waals surface area contributed by atoms with Gasteiger partial charge in [-0.2, -0.15) is 0 Å². The molecule has 4 heteroatoms. The molecule has 2 heterocycles. The number of nitrogens with zero attached hydrogens (tertiary/aromatic N) is 3. The van der Waals surface area contributed by atoms with Crippen LogP contribution in [0.1, 0.15) is 0 Å². The van der Waals surface area contributed by atoms with E-state index < -0.39 is 0 Å². The molecule has 1 atom stereocenters. The predicted octanol–water partition coefficient (Wildman–Crippen LogP) is 0.848. The number of anilines is 1. The van der Waals surface area contributed by atoms with Crippen molar-refractivity contribution in [1.29, 1.82) is 0 Å². The number of morpholine rings is 1. The molecule has 88 valence electrons. The molecule has 16 heavy (non-hydrogen) atoms. The van der Waals surface area contributed by atoms with Gasteiger partial charge in [0.15, 0.2) is 0 Å². The highest BCUT2D eigenvalue weighted by molar-refractivity contribution is 5.38. The number of likely N-dealkylation sites (N-methyl/N-ethyl adjacent to an activating group) is 1. The first-order valence-electron chi connectivity index (χ1n) is 5.68. The van der Waals surface area contributed by atoms with Crippen LogP contribution < -0.4 is 4.90 Å². The van der Waals surface area contributed by atoms with Crippen LogP contribution in [-0.2, 0) is 4.74 Å². The van der Waals surface area contributed by atoms with E-state index in [-0.39, 0.29) is 6.10 Å². The number of pyridine rings is 1. The summed E-state index contributed by atoms with van der Waals surface area (Å²) in [5.74, 6) is 1.05. The second-order valence-electron chi connectivity index (χ2n) is 4.39. The van der Waals surface area contributed by atoms with Crippen molar-refractivity contribution in [1.82, 2.24) is 9.88 Å². The summed E-state index contributed by atoms with van der Waals surface area (Å²) < 4.78 is 5.73. The van der Waals surface area contributed by atoms with E-state index in [4.69, 9.17) is 4.74 Å². The Morgan fingerprint density at radius 1 is 1.50 bits per heavy atom. The maximum Gasteiger partial charge on any atom is 0.128 e. The maximum atomic E-state index is 5.73. The van der Waals surface area contributed by atoms with Crippen LogP contribution in [0.25, 0.3) is 0 Å². The average Bonchev–Trinajstić information content (AvgIpc) is 2.30. The van der Waals surface area contributed by atoms with Crippen LogP contribution in [0.5, 0.6) is 0 Å². The predicted molar refractivity (Wildman–Crippen MR) is 64.7 cm³/mol. The Balaban J connectivity index is 1.97. The number of hydrogen-bond donors (Lipinski definition) is 0. The largest absolute Gasteiger partial charge is 0.373 e. The van der Waals surface area contributed by atoms with Gasteiger partial charge >= 0.3 is 0 Å². The van der Waals surface area contributed by atoms with E-state index in [0.717, 1.165) is 32.1 Å². The highest BCUT2D eigenvalue weighted by Gasteiger charge is 2.21. The minimum Gasteiger partial charge on any atom is -0.373 e. The van der Waals surface area contributed by atoms with Crippen molar-refractivity contribution in [2.24, 2.45) is 0 Å². The molecule has 1 saturated heterocycles. The maximum absolute atomic E-state index is 5.73. The fourth-order valence-corrected chi connectivity index (χ4v) is 1.99. The van der Waals surface area contributed by atoms with Gasteiger partial charge in [0.1, 0.15) is 5.82 Å². The normalized spacial score (nSPS) is 21.4. The zero-order valence-corrected chi connectivity index (χ0v) is 9.97. The molecule has 0 aromatic carbocycles. The minimum absolute atomic E-state index is 0.283. The smallest absolute Gasteiger partial charge is 0.128 e. The summed E-state index contributed by atoms with van der Waals surface area (Å²) in [5.41, 5.74) is 0. The quantitative estimate of drug-likeness (QED) is 0.756. The van der Waals surface area contributed by atoms with Gasteiger partial charge in [0.2, 0.25) is 0 Å². The van der Waals surface area contributed by atoms with Crippen molar-refractivity contribution < 1.29 is 4.74 Å². The highest BCUT2D eigenvalue weighted by Crippen LogP contribution is 2.14. The summed E-state index contributed by atoms with van der Waals surface area (Å²) >= 11 is 0. The molecule has 1 aromatic heterocycles. The molecule has 0 radical (unpaired) electrons. The number of rotatable bonds is 3. The second-order valence-corrected chi connectivity index (χ2v) is 4.39. The van der Waals surface area contributed by atoms with Crippen LogP contribution in [0.4, 0.5) is 5.82 Å². The molecule has 4 nitrogen and oxygen atoms in total. The van der Waals surface area contributed by atoms with Crippen molar-refractivity contribution in [3.8, 4) is 0 Å². The highest BCUT2D eigenvalue weighted by atomic mass is 16.5. The molecule has 0 bridgehead atoms. The first kappa shape index (κ1) is 11.4. The average molecular weight is 221 g/mol. The molecular formula is C12H19N3O. The van der Waals surface area contributed by atoms with E-state index in [1.54, 1.807) is 0 Å². The lowest BCUT2D eigenvalue weighted by atomic mass is 10.2. The van der Waals surface area contributed by atoms with E-state index in [9.17, 15) is 0 Å². The van der Waals surface area contributed by atoms with E-state index in [1.807, 2.05) is 18.3 Å². The van der Waals surface area contributed by atoms with Gasteiger partial charge in [0.25, 0.3) is 0 Å². The molecular weight excluding hydrogens is 202 g/mol. The molecule has 1 aliphatic heterocycles. The monoisotopic (exact) mass is 221 g/mol. The third kappa shape index (κ3) is 2.93. The fraction of sp³-hybridized carbons (Fsp3) is 0.583. The molecule has 2 rings (SSSR count). The molecule has 1 aromatic rings. The van der Waals surface area contributed by atoms with Crippen molar-refractivity contribution in [2.75, 3.05) is 45.2 Å². The fourth-order valence-electron chi connectivity index (χ4n) is 1.99. The van der Waals surface area contributed by atoms with Crippen molar-refractivity contribution in [3.05, 3.63) is 24.4 Å². The molecule has 1 aliphatic rings. The van der Waals surface area contributed by atoms with Crippen LogP contribution in [-0.4, -0.2) is 56.3 Å². The van der Waals surface area contributed by atoms with Crippen LogP contribution in [0.2, 0.25) is 0 Å². The summed E-state index contributed by atoms with van der Waals surface area (Å²) in [6.45, 7) is 3.61. The van der Waals surface area contributed by atoms with Gasteiger partial charge in [0, 0.05) is 25.8 Å². The second kappa shape index (κ2) is 5.27. The molecule has 1 fully saturated rings. The molecule has 0 amide bonds. The summed E-state index contributed by atoms with van der Waals surface area (Å²) in [6.07, 6.45) is 2.12. The summed E-state index contributed by atoms with van der Waals surface area (Å²) in [4.78, 5) is 8.82. The SMILES string of the molecule is CN(C)CC1CN(c2ccccn2)CCO1. The lowest BCUT2D eigenvalue weighted by Crippen LogP contribution is -2.46. The Morgan fingerprint density at radius 2 is 2.38 bits per heavy atom. The Kier molecular flexibility index (Phi) is 3.74. The first-order chi connectivity index (χ1) is 7.75. The molecule has 0 spiro atoms. The van der Waals surface area contributed by atoms with Gasteiger partial charge in [0.05, 0.1) is 12.7 Å². The van der Waals surface area contributed by atoms with E-state index >= 15 is 0 Å². The number of aromatic nitrogens is 1. The third-order valence-electron chi connectivity index (χ3n) is 2.68. The van der Waals surface area contributed by atoms with Crippen molar-refractivity contribution >= 4 is 5.82 Å². The zero-order valence-electron chi connectivity index (χ0n) is 9.97. The van der Waals surface area contributed by atoms with Gasteiger partial charge in [-0.3, -0.25) is 0 Å². The number of hydrogen-bond acceptors (Lipinski definition) is 4. The Hall–Kier alpha value is -1.13. The van der Waals surface area contributed by atoms with Crippen LogP contribution >= 0.6 is 0 Å². The van der Waals surface area contributed by atoms with Gasteiger partial charge in [-0.05, 0) is 26.2 Å². The molecule has 0 saturated carbocycles. The summed E-state index contributed by atoms with van der Waals surface area (Å²) in [7, 11) is 4.14. The van der Waals surface area contributed by atoms with Crippen LogP contribution in [0, 0.1) is 0 Å². The van der Waals surface area contributed by atoms with E-state index in [2.05, 4.69) is 34.9 Å². The number of ether oxygens (including phenoxy) is 1. The van der Waals surface area contributed by atoms with E-state index in [0.29, 0.717) is 0 Å². The molecule has 0 aliphatic carbocycles. The van der Waals surface area contributed by atoms with Gasteiger partial charge in [-0.1, -0.05) is 6.07 Å². The Morgan fingerprint density at radius 3 is 3.06 bits per heavy atom. The van der Waals surface area contributed by atoms with Crippen molar-refractivity contribution in [3.63, 3.8) is 0 Å². The Bertz CT molecular complexity index is 315. The summed E-state index contributed by atoms with van der Waals surface area (Å²) in [6, 6.07) is 6.03. The van der Waals surface area contributed by atoms with E-state index in [1.165, 1.54) is 0 Å². The lowest BCUT2D eigenvalue weighted by molar-refractivity contribution is 0.0245. The van der Waals surface area contributed by atoms with Gasteiger partial charge in [-0.15, -0.1) is 0 Å². The van der Waals surface area contributed by atoms with Gasteiger partial charge in [-0.25, -0.2) is 4.98 Å². The lowest BCUT2D eigenvalue weighted by Gasteiger charge is -2.34. The van der Waals surface area contributed by atoms with Crippen LogP contribution in [0.15, 0.2) is 24.4 Å². The molecule has 0 N–H and O–H groups in total. The third-order valence-corrected chi connectivity index (χ3v) is 2.68. The topological polar surface area (TPSA) is 28.6 Å². The first-order valence-corrected chi connectivity index (χ1v) is 5.68. The minimum atomic E-state index is 0.283. The molecule has 1 unspecified atom stereocenters. The van der Waals surface area contributed by atoms with Crippen LogP contribution in [0.3, 0.4) is 0 Å². The van der Waals surface area contributed by atoms with Crippen molar-refractivity contribution in [2.45, 2.75) is 6.10 Å². The zero-order chi connectivity index (χ0) is 11.4.